The molecule has 1 aliphatic heterocycles. The first-order chi connectivity index (χ1) is 14.3. The number of carbonyl (C=O) groups is 2. The van der Waals surface area contributed by atoms with Crippen molar-refractivity contribution in [2.45, 2.75) is 32.7 Å². The first kappa shape index (κ1) is 20.3. The van der Waals surface area contributed by atoms with E-state index in [9.17, 15) is 27.9 Å². The molecule has 0 saturated carbocycles. The van der Waals surface area contributed by atoms with Gasteiger partial charge in [-0.3, -0.25) is 9.59 Å². The topological polar surface area (TPSA) is 70.5 Å². The number of fused-ring (bicyclic) bond motifs is 2. The fourth-order valence-electron chi connectivity index (χ4n) is 3.71. The molecule has 0 fully saturated rings. The number of aliphatic carboxylic acids is 1. The van der Waals surface area contributed by atoms with Crippen LogP contribution >= 0.6 is 11.3 Å². The second kappa shape index (κ2) is 7.71. The molecule has 1 atom stereocenters. The highest BCUT2D eigenvalue weighted by Crippen LogP contribution is 2.36. The monoisotopic (exact) mass is 434 g/mol. The zero-order valence-corrected chi connectivity index (χ0v) is 16.7. The average molecular weight is 434 g/mol. The van der Waals surface area contributed by atoms with Gasteiger partial charge < -0.3 is 10.0 Å². The molecule has 3 aromatic rings. The number of halogens is 3. The van der Waals surface area contributed by atoms with E-state index in [1.807, 2.05) is 25.1 Å². The normalized spacial score (nSPS) is 16.2. The lowest BCUT2D eigenvalue weighted by molar-refractivity contribution is -0.140. The van der Waals surface area contributed by atoms with E-state index in [-0.39, 0.29) is 28.6 Å². The zero-order chi connectivity index (χ0) is 21.6. The minimum atomic E-state index is -1.33. The maximum Gasteiger partial charge on any atom is 0.304 e. The predicted molar refractivity (Wildman–Crippen MR) is 106 cm³/mol. The molecule has 5 nitrogen and oxygen atoms in total. The van der Waals surface area contributed by atoms with Gasteiger partial charge in [0.2, 0.25) is 5.91 Å². The third-order valence-electron chi connectivity index (χ3n) is 5.20. The molecule has 1 N–H and O–H groups in total. The number of anilines is 1. The number of rotatable bonds is 5. The van der Waals surface area contributed by atoms with Crippen molar-refractivity contribution in [3.63, 3.8) is 0 Å². The minimum absolute atomic E-state index is 0.0883. The number of hydrogen-bond acceptors (Lipinski definition) is 4. The standard InChI is InChI=1S/C21H17F3N2O3S/c1-2-10-3-4-11-6-12(7-17(27)28)21(29)26(15(11)5-10)9-16-25-19-18(24)13(22)8-14(23)20(19)30-16/h3-5,8,12H,2,6-7,9H2,1H3,(H,27,28). The van der Waals surface area contributed by atoms with Crippen LogP contribution in [-0.4, -0.2) is 22.0 Å². The lowest BCUT2D eigenvalue weighted by atomic mass is 9.88. The van der Waals surface area contributed by atoms with Crippen LogP contribution in [0.3, 0.4) is 0 Å². The largest absolute Gasteiger partial charge is 0.481 e. The van der Waals surface area contributed by atoms with Gasteiger partial charge in [0.1, 0.15) is 16.3 Å². The second-order valence-electron chi connectivity index (χ2n) is 7.18. The van der Waals surface area contributed by atoms with Crippen molar-refractivity contribution in [2.75, 3.05) is 4.90 Å². The molecule has 1 amide bonds. The van der Waals surface area contributed by atoms with Crippen molar-refractivity contribution in [1.82, 2.24) is 4.98 Å². The maximum absolute atomic E-state index is 14.1. The summed E-state index contributed by atoms with van der Waals surface area (Å²) in [6.45, 7) is 1.88. The van der Waals surface area contributed by atoms with Gasteiger partial charge in [-0.15, -0.1) is 11.3 Å². The Bertz CT molecular complexity index is 1180. The van der Waals surface area contributed by atoms with Crippen molar-refractivity contribution >= 4 is 39.1 Å². The van der Waals surface area contributed by atoms with Gasteiger partial charge in [-0.1, -0.05) is 19.1 Å². The van der Waals surface area contributed by atoms with Crippen LogP contribution in [0.2, 0.25) is 0 Å². The van der Waals surface area contributed by atoms with Crippen molar-refractivity contribution in [3.8, 4) is 0 Å². The number of thiazole rings is 1. The Labute approximate surface area is 173 Å². The first-order valence-electron chi connectivity index (χ1n) is 9.36. The molecule has 0 bridgehead atoms. The Hall–Kier alpha value is -2.94. The zero-order valence-electron chi connectivity index (χ0n) is 15.9. The molecule has 1 aromatic heterocycles. The molecular formula is C21H17F3N2O3S. The molecule has 0 spiro atoms. The summed E-state index contributed by atoms with van der Waals surface area (Å²) in [4.78, 5) is 29.7. The summed E-state index contributed by atoms with van der Waals surface area (Å²) in [6, 6.07) is 6.13. The molecule has 9 heteroatoms. The van der Waals surface area contributed by atoms with Gasteiger partial charge in [0.05, 0.1) is 23.6 Å². The second-order valence-corrected chi connectivity index (χ2v) is 8.26. The minimum Gasteiger partial charge on any atom is -0.481 e. The number of benzene rings is 2. The number of carboxylic acid groups (broad SMARTS) is 1. The Morgan fingerprint density at radius 3 is 2.73 bits per heavy atom. The number of nitrogens with zero attached hydrogens (tertiary/aromatic N) is 2. The van der Waals surface area contributed by atoms with Gasteiger partial charge in [-0.05, 0) is 30.0 Å². The van der Waals surface area contributed by atoms with E-state index >= 15 is 0 Å². The Morgan fingerprint density at radius 1 is 1.27 bits per heavy atom. The Morgan fingerprint density at radius 2 is 2.03 bits per heavy atom. The van der Waals surface area contributed by atoms with Gasteiger partial charge in [0.25, 0.3) is 0 Å². The molecule has 1 unspecified atom stereocenters. The van der Waals surface area contributed by atoms with E-state index in [1.165, 1.54) is 4.90 Å². The fraction of sp³-hybridized carbons (Fsp3) is 0.286. The van der Waals surface area contributed by atoms with Crippen LogP contribution in [0.15, 0.2) is 24.3 Å². The van der Waals surface area contributed by atoms with Crippen LogP contribution < -0.4 is 4.90 Å². The number of aromatic nitrogens is 1. The van der Waals surface area contributed by atoms with Crippen LogP contribution in [0.5, 0.6) is 0 Å². The fourth-order valence-corrected chi connectivity index (χ4v) is 4.66. The molecule has 156 valence electrons. The van der Waals surface area contributed by atoms with Gasteiger partial charge in [-0.25, -0.2) is 18.2 Å². The average Bonchev–Trinajstić information content (AvgIpc) is 3.13. The molecule has 4 rings (SSSR count). The quantitative estimate of drug-likeness (QED) is 0.602. The summed E-state index contributed by atoms with van der Waals surface area (Å²) in [5, 5.41) is 9.40. The highest BCUT2D eigenvalue weighted by atomic mass is 32.1. The third kappa shape index (κ3) is 3.54. The van der Waals surface area contributed by atoms with E-state index in [0.29, 0.717) is 18.2 Å². The highest BCUT2D eigenvalue weighted by molar-refractivity contribution is 7.18. The van der Waals surface area contributed by atoms with E-state index in [0.717, 1.165) is 28.9 Å². The molecule has 0 radical (unpaired) electrons. The maximum atomic E-state index is 14.1. The molecule has 30 heavy (non-hydrogen) atoms. The van der Waals surface area contributed by atoms with E-state index in [4.69, 9.17) is 0 Å². The highest BCUT2D eigenvalue weighted by Gasteiger charge is 2.35. The summed E-state index contributed by atoms with van der Waals surface area (Å²) in [6.07, 6.45) is 0.721. The van der Waals surface area contributed by atoms with Crippen molar-refractivity contribution in [3.05, 3.63) is 57.9 Å². The Kier molecular flexibility index (Phi) is 5.23. The smallest absolute Gasteiger partial charge is 0.304 e. The molecule has 2 heterocycles. The Balaban J connectivity index is 1.77. The first-order valence-corrected chi connectivity index (χ1v) is 10.2. The summed E-state index contributed by atoms with van der Waals surface area (Å²) in [7, 11) is 0. The molecule has 1 aliphatic rings. The third-order valence-corrected chi connectivity index (χ3v) is 6.25. The van der Waals surface area contributed by atoms with E-state index < -0.39 is 34.9 Å². The molecule has 0 aliphatic carbocycles. The molecule has 0 saturated heterocycles. The number of carboxylic acids is 1. The van der Waals surface area contributed by atoms with Crippen LogP contribution in [0, 0.1) is 23.4 Å². The van der Waals surface area contributed by atoms with Crippen LogP contribution in [0.1, 0.15) is 29.5 Å². The van der Waals surface area contributed by atoms with Crippen molar-refractivity contribution in [1.29, 1.82) is 0 Å². The van der Waals surface area contributed by atoms with E-state index in [1.54, 1.807) is 0 Å². The molecule has 2 aromatic carbocycles. The number of amides is 1. The van der Waals surface area contributed by atoms with Gasteiger partial charge >= 0.3 is 5.97 Å². The SMILES string of the molecule is CCc1ccc2c(c1)N(Cc1nc3c(F)c(F)cc(F)c3s1)C(=O)C(CC(=O)O)C2. The summed E-state index contributed by atoms with van der Waals surface area (Å²) in [5.74, 6) is -5.70. The van der Waals surface area contributed by atoms with Crippen LogP contribution in [0.25, 0.3) is 10.2 Å². The lowest BCUT2D eigenvalue weighted by Gasteiger charge is -2.33. The van der Waals surface area contributed by atoms with Crippen molar-refractivity contribution in [2.24, 2.45) is 5.92 Å². The lowest BCUT2D eigenvalue weighted by Crippen LogP contribution is -2.41. The summed E-state index contributed by atoms with van der Waals surface area (Å²) < 4.78 is 41.5. The number of aryl methyl sites for hydroxylation is 1. The van der Waals surface area contributed by atoms with Gasteiger partial charge in [-0.2, -0.15) is 0 Å². The van der Waals surface area contributed by atoms with Gasteiger partial charge in [0.15, 0.2) is 11.6 Å². The van der Waals surface area contributed by atoms with E-state index in [2.05, 4.69) is 4.98 Å². The number of carbonyl (C=O) groups excluding carboxylic acids is 1. The predicted octanol–water partition coefficient (Wildman–Crippen LogP) is 4.46. The van der Waals surface area contributed by atoms with Gasteiger partial charge in [0, 0.05) is 11.8 Å². The van der Waals surface area contributed by atoms with Crippen molar-refractivity contribution < 1.29 is 27.9 Å². The summed E-state index contributed by atoms with van der Waals surface area (Å²) in [5.41, 5.74) is 2.03. The van der Waals surface area contributed by atoms with Crippen LogP contribution in [0.4, 0.5) is 18.9 Å². The summed E-state index contributed by atoms with van der Waals surface area (Å²) >= 11 is 0.839. The molecular weight excluding hydrogens is 417 g/mol. The van der Waals surface area contributed by atoms with Crippen LogP contribution in [-0.2, 0) is 29.0 Å². The number of hydrogen-bond donors (Lipinski definition) is 1.